The molecule has 1 aliphatic heterocycles. The maximum atomic E-state index is 13.7. The summed E-state index contributed by atoms with van der Waals surface area (Å²) >= 11 is 0. The highest BCUT2D eigenvalue weighted by molar-refractivity contribution is 5.91. The van der Waals surface area contributed by atoms with Crippen molar-refractivity contribution in [2.45, 2.75) is 25.6 Å². The summed E-state index contributed by atoms with van der Waals surface area (Å²) < 4.78 is 20.3. The van der Waals surface area contributed by atoms with Crippen molar-refractivity contribution < 1.29 is 29.0 Å². The molecule has 0 saturated heterocycles. The van der Waals surface area contributed by atoms with E-state index in [9.17, 15) is 19.7 Å². The van der Waals surface area contributed by atoms with E-state index >= 15 is 0 Å². The second-order valence-corrected chi connectivity index (χ2v) is 9.44. The Kier molecular flexibility index (Phi) is 10.4. The van der Waals surface area contributed by atoms with Gasteiger partial charge in [0.2, 0.25) is 6.29 Å². The van der Waals surface area contributed by atoms with Gasteiger partial charge in [0.15, 0.2) is 5.76 Å². The lowest BCUT2D eigenvalue weighted by atomic mass is 9.93. The summed E-state index contributed by atoms with van der Waals surface area (Å²) in [5, 5.41) is 25.5. The van der Waals surface area contributed by atoms with Crippen molar-refractivity contribution in [3.63, 3.8) is 0 Å². The molecule has 14 nitrogen and oxygen atoms in total. The lowest BCUT2D eigenvalue weighted by molar-refractivity contribution is -0.385. The average Bonchev–Trinajstić information content (AvgIpc) is 3.22. The van der Waals surface area contributed by atoms with Crippen LogP contribution in [0.3, 0.4) is 0 Å². The summed E-state index contributed by atoms with van der Waals surface area (Å²) in [6, 6.07) is 12.1. The van der Waals surface area contributed by atoms with Crippen LogP contribution in [0.15, 0.2) is 65.3 Å². The standard InChI is InChI=1S/C28H34N6O8/c1-19-26(28(37)33(32(19)2)21-6-4-3-5-7-21)20-16-23(42-25(17-20)41-15-14-40-13-12-35)27(36)30-11-10-29-24-9-8-22(18-31-24)34(38)39/h3-9,16,18,20,25,35H,10-15,17H2,1-2H3,(H,29,31)(H,30,36)/t20-,25+/m0/s1. The van der Waals surface area contributed by atoms with Crippen molar-refractivity contribution in [1.29, 1.82) is 0 Å². The normalized spacial score (nSPS) is 16.4. The topological polar surface area (TPSA) is 172 Å². The molecule has 3 aromatic rings. The van der Waals surface area contributed by atoms with Gasteiger partial charge in [0.1, 0.15) is 12.0 Å². The largest absolute Gasteiger partial charge is 0.459 e. The van der Waals surface area contributed by atoms with Gasteiger partial charge in [0.25, 0.3) is 17.2 Å². The van der Waals surface area contributed by atoms with E-state index in [4.69, 9.17) is 19.3 Å². The molecule has 1 aliphatic rings. The third-order valence-corrected chi connectivity index (χ3v) is 6.69. The quantitative estimate of drug-likeness (QED) is 0.144. The Hall–Kier alpha value is -4.53. The van der Waals surface area contributed by atoms with Gasteiger partial charge in [-0.3, -0.25) is 24.4 Å². The summed E-state index contributed by atoms with van der Waals surface area (Å²) in [4.78, 5) is 41.0. The Morgan fingerprint density at radius 1 is 1.19 bits per heavy atom. The van der Waals surface area contributed by atoms with Crippen LogP contribution in [0.1, 0.15) is 23.6 Å². The number of pyridine rings is 1. The zero-order chi connectivity index (χ0) is 30.1. The number of amides is 1. The highest BCUT2D eigenvalue weighted by atomic mass is 16.7. The number of aliphatic hydroxyl groups is 1. The molecule has 0 aliphatic carbocycles. The van der Waals surface area contributed by atoms with Crippen LogP contribution in [0.5, 0.6) is 0 Å². The van der Waals surface area contributed by atoms with E-state index in [0.29, 0.717) is 24.3 Å². The monoisotopic (exact) mass is 582 g/mol. The Morgan fingerprint density at radius 3 is 2.67 bits per heavy atom. The maximum absolute atomic E-state index is 13.7. The van der Waals surface area contributed by atoms with E-state index in [1.165, 1.54) is 12.1 Å². The van der Waals surface area contributed by atoms with Crippen molar-refractivity contribution in [2.24, 2.45) is 7.05 Å². The lowest BCUT2D eigenvalue weighted by Crippen LogP contribution is -2.36. The number of hydrogen-bond acceptors (Lipinski definition) is 10. The number of allylic oxidation sites excluding steroid dienone is 1. The number of benzene rings is 1. The molecule has 0 unspecified atom stereocenters. The van der Waals surface area contributed by atoms with Crippen molar-refractivity contribution in [2.75, 3.05) is 44.8 Å². The molecule has 3 heterocycles. The van der Waals surface area contributed by atoms with Gasteiger partial charge in [-0.25, -0.2) is 9.67 Å². The molecule has 0 fully saturated rings. The zero-order valence-electron chi connectivity index (χ0n) is 23.4. The number of carbonyl (C=O) groups is 1. The highest BCUT2D eigenvalue weighted by Gasteiger charge is 2.33. The minimum atomic E-state index is -0.815. The van der Waals surface area contributed by atoms with E-state index < -0.39 is 23.0 Å². The van der Waals surface area contributed by atoms with Crippen LogP contribution < -0.4 is 16.2 Å². The smallest absolute Gasteiger partial charge is 0.287 e. The third kappa shape index (κ3) is 7.40. The minimum absolute atomic E-state index is 0.0231. The molecule has 0 bridgehead atoms. The number of carbonyl (C=O) groups excluding carboxylic acids is 1. The van der Waals surface area contributed by atoms with Crippen molar-refractivity contribution >= 4 is 17.4 Å². The van der Waals surface area contributed by atoms with Crippen LogP contribution >= 0.6 is 0 Å². The van der Waals surface area contributed by atoms with E-state index in [1.54, 1.807) is 15.4 Å². The van der Waals surface area contributed by atoms with Crippen molar-refractivity contribution in [3.05, 3.63) is 92.2 Å². The number of nitrogens with zero attached hydrogens (tertiary/aromatic N) is 4. The van der Waals surface area contributed by atoms with E-state index in [0.717, 1.165) is 17.6 Å². The number of anilines is 1. The highest BCUT2D eigenvalue weighted by Crippen LogP contribution is 2.32. The van der Waals surface area contributed by atoms with Gasteiger partial charge in [-0.1, -0.05) is 18.2 Å². The predicted molar refractivity (Wildman–Crippen MR) is 152 cm³/mol. The molecule has 4 rings (SSSR count). The number of aromatic nitrogens is 3. The second-order valence-electron chi connectivity index (χ2n) is 9.44. The number of nitrogens with one attached hydrogen (secondary N) is 2. The summed E-state index contributed by atoms with van der Waals surface area (Å²) in [6.07, 6.45) is 2.28. The van der Waals surface area contributed by atoms with Crippen LogP contribution in [0.2, 0.25) is 0 Å². The van der Waals surface area contributed by atoms with Gasteiger partial charge < -0.3 is 30.0 Å². The number of rotatable bonds is 14. The van der Waals surface area contributed by atoms with Crippen molar-refractivity contribution in [1.82, 2.24) is 19.7 Å². The van der Waals surface area contributed by atoms with Gasteiger partial charge in [0, 0.05) is 49.8 Å². The molecule has 42 heavy (non-hydrogen) atoms. The summed E-state index contributed by atoms with van der Waals surface area (Å²) in [5.74, 6) is -0.502. The van der Waals surface area contributed by atoms with Gasteiger partial charge in [-0.2, -0.15) is 0 Å². The van der Waals surface area contributed by atoms with E-state index in [1.807, 2.05) is 44.3 Å². The molecule has 0 spiro atoms. The van der Waals surface area contributed by atoms with Gasteiger partial charge in [0.05, 0.1) is 37.0 Å². The first-order valence-corrected chi connectivity index (χ1v) is 13.4. The van der Waals surface area contributed by atoms with Crippen LogP contribution in [0.25, 0.3) is 5.69 Å². The van der Waals surface area contributed by atoms with Gasteiger partial charge in [-0.15, -0.1) is 0 Å². The Bertz CT molecular complexity index is 1450. The molecule has 3 N–H and O–H groups in total. The summed E-state index contributed by atoms with van der Waals surface area (Å²) in [7, 11) is 1.81. The maximum Gasteiger partial charge on any atom is 0.287 e. The summed E-state index contributed by atoms with van der Waals surface area (Å²) in [5.41, 5.74) is 1.68. The molecular formula is C28H34N6O8. The molecule has 0 radical (unpaired) electrons. The lowest BCUT2D eigenvalue weighted by Gasteiger charge is -2.29. The molecule has 0 saturated carbocycles. The average molecular weight is 583 g/mol. The van der Waals surface area contributed by atoms with E-state index in [-0.39, 0.29) is 50.0 Å². The van der Waals surface area contributed by atoms with Crippen LogP contribution in [0.4, 0.5) is 11.5 Å². The third-order valence-electron chi connectivity index (χ3n) is 6.69. The first-order valence-electron chi connectivity index (χ1n) is 13.4. The number of hydrogen-bond donors (Lipinski definition) is 3. The van der Waals surface area contributed by atoms with Crippen LogP contribution in [-0.2, 0) is 26.1 Å². The van der Waals surface area contributed by atoms with Gasteiger partial charge >= 0.3 is 0 Å². The first-order chi connectivity index (χ1) is 20.3. The predicted octanol–water partition coefficient (Wildman–Crippen LogP) is 1.76. The van der Waals surface area contributed by atoms with E-state index in [2.05, 4.69) is 15.6 Å². The fourth-order valence-electron chi connectivity index (χ4n) is 4.59. The molecule has 14 heteroatoms. The molecule has 2 atom stereocenters. The fraction of sp³-hybridized carbons (Fsp3) is 0.393. The Morgan fingerprint density at radius 2 is 1.98 bits per heavy atom. The number of ether oxygens (including phenoxy) is 3. The molecular weight excluding hydrogens is 548 g/mol. The molecule has 1 aromatic carbocycles. The molecule has 2 aromatic heterocycles. The Labute approximate surface area is 241 Å². The van der Waals surface area contributed by atoms with Crippen LogP contribution in [-0.4, -0.2) is 76.1 Å². The number of nitro groups is 1. The summed E-state index contributed by atoms with van der Waals surface area (Å²) in [6.45, 7) is 2.82. The van der Waals surface area contributed by atoms with Crippen LogP contribution in [0, 0.1) is 17.0 Å². The first kappa shape index (κ1) is 30.4. The zero-order valence-corrected chi connectivity index (χ0v) is 23.4. The molecule has 224 valence electrons. The molecule has 1 amide bonds. The minimum Gasteiger partial charge on any atom is -0.459 e. The number of para-hydroxylation sites is 1. The number of aliphatic hydroxyl groups excluding tert-OH is 1. The fourth-order valence-corrected chi connectivity index (χ4v) is 4.59. The van der Waals surface area contributed by atoms with Gasteiger partial charge in [-0.05, 0) is 31.2 Å². The second kappa shape index (κ2) is 14.4. The SMILES string of the molecule is Cc1c([C@H]2C=C(C(=O)NCCNc3ccc([N+](=O)[O-])cn3)O[C@@H](OCCOCCO)C2)c(=O)n(-c2ccccc2)n1C. The Balaban J connectivity index is 1.48. The van der Waals surface area contributed by atoms with Crippen molar-refractivity contribution in [3.8, 4) is 5.69 Å².